The first-order valence-corrected chi connectivity index (χ1v) is 9.69. The van der Waals surface area contributed by atoms with E-state index in [1.165, 1.54) is 12.4 Å². The van der Waals surface area contributed by atoms with Crippen molar-refractivity contribution in [3.63, 3.8) is 0 Å². The van der Waals surface area contributed by atoms with E-state index in [1.807, 2.05) is 0 Å². The Hall–Kier alpha value is -3.94. The summed E-state index contributed by atoms with van der Waals surface area (Å²) in [6.45, 7) is 5.71. The van der Waals surface area contributed by atoms with E-state index in [1.54, 1.807) is 75.5 Å². The van der Waals surface area contributed by atoms with Crippen molar-refractivity contribution in [3.8, 4) is 11.6 Å². The van der Waals surface area contributed by atoms with Crippen LogP contribution in [0.3, 0.4) is 0 Å². The van der Waals surface area contributed by atoms with E-state index < -0.39 is 11.7 Å². The van der Waals surface area contributed by atoms with Gasteiger partial charge in [0.1, 0.15) is 11.4 Å². The van der Waals surface area contributed by atoms with Crippen LogP contribution in [-0.4, -0.2) is 27.6 Å². The molecule has 0 atom stereocenters. The molecule has 160 valence electrons. The van der Waals surface area contributed by atoms with Crippen molar-refractivity contribution in [1.29, 1.82) is 0 Å². The lowest BCUT2D eigenvalue weighted by atomic mass is 10.1. The lowest BCUT2D eigenvalue weighted by Gasteiger charge is -2.19. The lowest BCUT2D eigenvalue weighted by molar-refractivity contribution is 0.0523. The van der Waals surface area contributed by atoms with Crippen LogP contribution in [0.2, 0.25) is 0 Å². The Morgan fingerprint density at radius 2 is 1.81 bits per heavy atom. The Morgan fingerprint density at radius 1 is 1.03 bits per heavy atom. The normalized spacial score (nSPS) is 10.8. The van der Waals surface area contributed by atoms with Gasteiger partial charge in [-0.2, -0.15) is 0 Å². The molecule has 0 aliphatic carbocycles. The molecule has 0 fully saturated rings. The molecular formula is C23H24N4O4. The number of benzene rings is 2. The summed E-state index contributed by atoms with van der Waals surface area (Å²) in [6.07, 6.45) is 4.11. The second-order valence-electron chi connectivity index (χ2n) is 7.68. The van der Waals surface area contributed by atoms with E-state index in [4.69, 9.17) is 9.47 Å². The van der Waals surface area contributed by atoms with Gasteiger partial charge in [-0.1, -0.05) is 18.2 Å². The van der Waals surface area contributed by atoms with Gasteiger partial charge in [-0.3, -0.25) is 9.78 Å². The van der Waals surface area contributed by atoms with Gasteiger partial charge in [0.05, 0.1) is 6.20 Å². The number of alkyl carbamates (subject to hydrolysis) is 1. The molecule has 8 heteroatoms. The van der Waals surface area contributed by atoms with Crippen molar-refractivity contribution in [2.24, 2.45) is 0 Å². The van der Waals surface area contributed by atoms with E-state index >= 15 is 0 Å². The molecule has 0 saturated carbocycles. The number of nitrogens with one attached hydrogen (secondary N) is 2. The minimum atomic E-state index is -0.553. The zero-order valence-corrected chi connectivity index (χ0v) is 17.6. The van der Waals surface area contributed by atoms with E-state index in [0.717, 1.165) is 5.56 Å². The Morgan fingerprint density at radius 3 is 2.48 bits per heavy atom. The van der Waals surface area contributed by atoms with Gasteiger partial charge in [0.15, 0.2) is 0 Å². The molecule has 1 aromatic heterocycles. The van der Waals surface area contributed by atoms with Crippen LogP contribution in [0.15, 0.2) is 67.1 Å². The molecule has 0 bridgehead atoms. The van der Waals surface area contributed by atoms with Crippen LogP contribution in [0, 0.1) is 0 Å². The van der Waals surface area contributed by atoms with Crippen molar-refractivity contribution >= 4 is 17.7 Å². The SMILES string of the molecule is CC(C)(C)OC(=O)NCc1ccc(C(=O)Nc2cccc(Oc3cnccn3)c2)cc1. The molecule has 2 amide bonds. The monoisotopic (exact) mass is 420 g/mol. The third kappa shape index (κ3) is 7.11. The fraction of sp³-hybridized carbons (Fsp3) is 0.217. The number of anilines is 1. The molecule has 3 rings (SSSR count). The van der Waals surface area contributed by atoms with Gasteiger partial charge in [0, 0.05) is 36.3 Å². The highest BCUT2D eigenvalue weighted by Crippen LogP contribution is 2.22. The summed E-state index contributed by atoms with van der Waals surface area (Å²) >= 11 is 0. The molecule has 31 heavy (non-hydrogen) atoms. The van der Waals surface area contributed by atoms with Crippen molar-refractivity contribution < 1.29 is 19.1 Å². The Bertz CT molecular complexity index is 1030. The quantitative estimate of drug-likeness (QED) is 0.607. The molecule has 1 heterocycles. The fourth-order valence-electron chi connectivity index (χ4n) is 2.56. The van der Waals surface area contributed by atoms with E-state index in [2.05, 4.69) is 20.6 Å². The fourth-order valence-corrected chi connectivity index (χ4v) is 2.56. The first-order valence-electron chi connectivity index (χ1n) is 9.69. The van der Waals surface area contributed by atoms with Crippen LogP contribution < -0.4 is 15.4 Å². The summed E-state index contributed by atoms with van der Waals surface area (Å²) in [5, 5.41) is 5.52. The van der Waals surface area contributed by atoms with Crippen molar-refractivity contribution in [2.45, 2.75) is 32.9 Å². The van der Waals surface area contributed by atoms with Crippen molar-refractivity contribution in [1.82, 2.24) is 15.3 Å². The highest BCUT2D eigenvalue weighted by atomic mass is 16.6. The number of rotatable bonds is 6. The summed E-state index contributed by atoms with van der Waals surface area (Å²) in [6, 6.07) is 13.9. The second-order valence-corrected chi connectivity index (χ2v) is 7.68. The maximum atomic E-state index is 12.6. The van der Waals surface area contributed by atoms with Gasteiger partial charge in [-0.25, -0.2) is 9.78 Å². The average Bonchev–Trinajstić information content (AvgIpc) is 2.72. The summed E-state index contributed by atoms with van der Waals surface area (Å²) in [5.41, 5.74) is 1.37. The van der Waals surface area contributed by atoms with Crippen LogP contribution in [0.5, 0.6) is 11.6 Å². The highest BCUT2D eigenvalue weighted by molar-refractivity contribution is 6.04. The maximum absolute atomic E-state index is 12.6. The molecule has 3 aromatic rings. The first kappa shape index (κ1) is 21.8. The molecule has 0 aliphatic heterocycles. The van der Waals surface area contributed by atoms with E-state index in [0.29, 0.717) is 29.4 Å². The van der Waals surface area contributed by atoms with Crippen molar-refractivity contribution in [3.05, 3.63) is 78.2 Å². The minimum absolute atomic E-state index is 0.261. The zero-order valence-electron chi connectivity index (χ0n) is 17.6. The first-order chi connectivity index (χ1) is 14.8. The number of amides is 2. The molecule has 2 N–H and O–H groups in total. The predicted octanol–water partition coefficient (Wildman–Crippen LogP) is 4.55. The second kappa shape index (κ2) is 9.71. The third-order valence-electron chi connectivity index (χ3n) is 3.91. The molecular weight excluding hydrogens is 396 g/mol. The molecule has 2 aromatic carbocycles. The average molecular weight is 420 g/mol. The number of aromatic nitrogens is 2. The largest absolute Gasteiger partial charge is 0.444 e. The zero-order chi connectivity index (χ0) is 22.3. The third-order valence-corrected chi connectivity index (χ3v) is 3.91. The summed E-state index contributed by atoms with van der Waals surface area (Å²) in [7, 11) is 0. The minimum Gasteiger partial charge on any atom is -0.444 e. The van der Waals surface area contributed by atoms with Crippen molar-refractivity contribution in [2.75, 3.05) is 5.32 Å². The topological polar surface area (TPSA) is 102 Å². The van der Waals surface area contributed by atoms with Gasteiger partial charge in [0.2, 0.25) is 5.88 Å². The molecule has 0 radical (unpaired) electrons. The van der Waals surface area contributed by atoms with Gasteiger partial charge >= 0.3 is 6.09 Å². The summed E-state index contributed by atoms with van der Waals surface area (Å²) in [4.78, 5) is 32.3. The van der Waals surface area contributed by atoms with Crippen LogP contribution in [0.25, 0.3) is 0 Å². The number of carbonyl (C=O) groups is 2. The Balaban J connectivity index is 1.56. The molecule has 0 unspecified atom stereocenters. The number of carbonyl (C=O) groups excluding carboxylic acids is 2. The highest BCUT2D eigenvalue weighted by Gasteiger charge is 2.15. The molecule has 0 aliphatic rings. The van der Waals surface area contributed by atoms with E-state index in [-0.39, 0.29) is 5.91 Å². The van der Waals surface area contributed by atoms with Crippen LogP contribution in [-0.2, 0) is 11.3 Å². The van der Waals surface area contributed by atoms with Gasteiger partial charge in [0.25, 0.3) is 5.91 Å². The molecule has 0 saturated heterocycles. The smallest absolute Gasteiger partial charge is 0.407 e. The Labute approximate surface area is 180 Å². The van der Waals surface area contributed by atoms with Gasteiger partial charge < -0.3 is 20.1 Å². The summed E-state index contributed by atoms with van der Waals surface area (Å²) < 4.78 is 10.8. The standard InChI is InChI=1S/C23H24N4O4/c1-23(2,3)31-22(29)26-14-16-7-9-17(10-8-16)21(28)27-18-5-4-6-19(13-18)30-20-15-24-11-12-25-20/h4-13,15H,14H2,1-3H3,(H,26,29)(H,27,28). The van der Waals surface area contributed by atoms with E-state index in [9.17, 15) is 9.59 Å². The maximum Gasteiger partial charge on any atom is 0.407 e. The van der Waals surface area contributed by atoms with Crippen LogP contribution in [0.1, 0.15) is 36.7 Å². The number of nitrogens with zero attached hydrogens (tertiary/aromatic N) is 2. The van der Waals surface area contributed by atoms with Crippen LogP contribution >= 0.6 is 0 Å². The number of hydrogen-bond acceptors (Lipinski definition) is 6. The lowest BCUT2D eigenvalue weighted by Crippen LogP contribution is -2.32. The number of ether oxygens (including phenoxy) is 2. The molecule has 0 spiro atoms. The summed E-state index contributed by atoms with van der Waals surface area (Å²) in [5.74, 6) is 0.631. The predicted molar refractivity (Wildman–Crippen MR) is 116 cm³/mol. The van der Waals surface area contributed by atoms with Crippen LogP contribution in [0.4, 0.5) is 10.5 Å². The molecule has 8 nitrogen and oxygen atoms in total. The van der Waals surface area contributed by atoms with Gasteiger partial charge in [-0.05, 0) is 50.6 Å². The number of hydrogen-bond donors (Lipinski definition) is 2. The Kier molecular flexibility index (Phi) is 6.81. The van der Waals surface area contributed by atoms with Gasteiger partial charge in [-0.15, -0.1) is 0 Å².